The Morgan fingerprint density at radius 2 is 2.30 bits per heavy atom. The van der Waals surface area contributed by atoms with Gasteiger partial charge in [-0.2, -0.15) is 0 Å². The quantitative estimate of drug-likeness (QED) is 0.835. The van der Waals surface area contributed by atoms with Gasteiger partial charge in [0.2, 0.25) is 0 Å². The van der Waals surface area contributed by atoms with E-state index in [4.69, 9.17) is 0 Å². The summed E-state index contributed by atoms with van der Waals surface area (Å²) >= 11 is 3.58. The highest BCUT2D eigenvalue weighted by molar-refractivity contribution is 9.10. The molecule has 3 heteroatoms. The lowest BCUT2D eigenvalue weighted by Crippen LogP contribution is -2.36. The molecule has 20 heavy (non-hydrogen) atoms. The van der Waals surface area contributed by atoms with Gasteiger partial charge >= 0.3 is 0 Å². The molecule has 0 saturated carbocycles. The van der Waals surface area contributed by atoms with Crippen LogP contribution in [0.5, 0.6) is 0 Å². The molecule has 2 atom stereocenters. The third-order valence-corrected chi connectivity index (χ3v) is 4.67. The average Bonchev–Trinajstić information content (AvgIpc) is 2.43. The fourth-order valence-corrected chi connectivity index (χ4v) is 3.57. The van der Waals surface area contributed by atoms with Crippen molar-refractivity contribution < 1.29 is 0 Å². The number of benzene rings is 1. The van der Waals surface area contributed by atoms with Crippen LogP contribution in [-0.4, -0.2) is 31.1 Å². The summed E-state index contributed by atoms with van der Waals surface area (Å²) in [7, 11) is 0. The highest BCUT2D eigenvalue weighted by Gasteiger charge is 2.18. The Hall–Kier alpha value is -0.380. The molecule has 0 bridgehead atoms. The lowest BCUT2D eigenvalue weighted by molar-refractivity contribution is 0.176. The minimum atomic E-state index is 0.467. The fourth-order valence-electron chi connectivity index (χ4n) is 3.16. The van der Waals surface area contributed by atoms with Gasteiger partial charge in [0, 0.05) is 17.1 Å². The molecule has 1 aromatic rings. The van der Waals surface area contributed by atoms with Crippen LogP contribution in [0.3, 0.4) is 0 Å². The normalized spacial score (nSPS) is 21.9. The minimum Gasteiger partial charge on any atom is -0.310 e. The SMILES string of the molecule is CCNC(CCN1CCCC(C)C1)c1cccc(Br)c1. The Balaban J connectivity index is 1.92. The molecule has 1 saturated heterocycles. The molecule has 2 rings (SSSR count). The van der Waals surface area contributed by atoms with E-state index in [1.54, 1.807) is 0 Å². The van der Waals surface area contributed by atoms with Gasteiger partial charge in [-0.15, -0.1) is 0 Å². The zero-order valence-corrected chi connectivity index (χ0v) is 14.3. The van der Waals surface area contributed by atoms with Crippen LogP contribution in [-0.2, 0) is 0 Å². The zero-order chi connectivity index (χ0) is 14.4. The number of nitrogens with zero attached hydrogens (tertiary/aromatic N) is 1. The van der Waals surface area contributed by atoms with Crippen LogP contribution in [0, 0.1) is 5.92 Å². The first kappa shape index (κ1) is 16.0. The molecule has 1 aliphatic heterocycles. The Bertz CT molecular complexity index is 408. The molecule has 1 aromatic carbocycles. The Morgan fingerprint density at radius 3 is 3.00 bits per heavy atom. The molecular weight excluding hydrogens is 312 g/mol. The molecule has 0 amide bonds. The van der Waals surface area contributed by atoms with Crippen LogP contribution in [0.15, 0.2) is 28.7 Å². The van der Waals surface area contributed by atoms with Gasteiger partial charge in [0.15, 0.2) is 0 Å². The van der Waals surface area contributed by atoms with Crippen molar-refractivity contribution in [3.63, 3.8) is 0 Å². The monoisotopic (exact) mass is 338 g/mol. The van der Waals surface area contributed by atoms with Crippen molar-refractivity contribution in [2.75, 3.05) is 26.2 Å². The van der Waals surface area contributed by atoms with E-state index in [0.717, 1.165) is 12.5 Å². The van der Waals surface area contributed by atoms with Crippen molar-refractivity contribution in [2.24, 2.45) is 5.92 Å². The van der Waals surface area contributed by atoms with E-state index < -0.39 is 0 Å². The number of rotatable bonds is 6. The summed E-state index contributed by atoms with van der Waals surface area (Å²) in [6, 6.07) is 9.17. The molecule has 2 nitrogen and oxygen atoms in total. The number of hydrogen-bond acceptors (Lipinski definition) is 2. The number of nitrogens with one attached hydrogen (secondary N) is 1. The summed E-state index contributed by atoms with van der Waals surface area (Å²) in [6.45, 7) is 9.34. The van der Waals surface area contributed by atoms with Crippen molar-refractivity contribution in [1.29, 1.82) is 0 Å². The first-order chi connectivity index (χ1) is 9.69. The lowest BCUT2D eigenvalue weighted by atomic mass is 9.98. The van der Waals surface area contributed by atoms with E-state index in [2.05, 4.69) is 64.3 Å². The molecule has 0 aliphatic carbocycles. The van der Waals surface area contributed by atoms with Gasteiger partial charge in [-0.05, 0) is 62.5 Å². The van der Waals surface area contributed by atoms with Crippen molar-refractivity contribution in [3.8, 4) is 0 Å². The highest BCUT2D eigenvalue weighted by atomic mass is 79.9. The average molecular weight is 339 g/mol. The van der Waals surface area contributed by atoms with E-state index in [1.165, 1.54) is 48.9 Å². The van der Waals surface area contributed by atoms with Gasteiger partial charge in [0.05, 0.1) is 0 Å². The van der Waals surface area contributed by atoms with E-state index in [1.807, 2.05) is 0 Å². The van der Waals surface area contributed by atoms with Crippen molar-refractivity contribution in [2.45, 2.75) is 39.2 Å². The standard InChI is InChI=1S/C17H27BrN2/c1-3-19-17(15-7-4-8-16(18)12-15)9-11-20-10-5-6-14(2)13-20/h4,7-8,12,14,17,19H,3,5-6,9-11,13H2,1-2H3. The van der Waals surface area contributed by atoms with Crippen LogP contribution in [0.25, 0.3) is 0 Å². The van der Waals surface area contributed by atoms with E-state index >= 15 is 0 Å². The maximum Gasteiger partial charge on any atom is 0.0332 e. The first-order valence-corrected chi connectivity index (χ1v) is 8.69. The molecule has 1 fully saturated rings. The second-order valence-corrected chi connectivity index (χ2v) is 6.92. The summed E-state index contributed by atoms with van der Waals surface area (Å²) in [4.78, 5) is 2.64. The summed E-state index contributed by atoms with van der Waals surface area (Å²) in [5.41, 5.74) is 1.39. The second kappa shape index (κ2) is 8.16. The molecule has 1 heterocycles. The largest absolute Gasteiger partial charge is 0.310 e. The summed E-state index contributed by atoms with van der Waals surface area (Å²) in [6.07, 6.45) is 3.96. The summed E-state index contributed by atoms with van der Waals surface area (Å²) in [5, 5.41) is 3.63. The molecular formula is C17H27BrN2. The van der Waals surface area contributed by atoms with E-state index in [9.17, 15) is 0 Å². The van der Waals surface area contributed by atoms with Crippen molar-refractivity contribution in [1.82, 2.24) is 10.2 Å². The summed E-state index contributed by atoms with van der Waals surface area (Å²) < 4.78 is 1.17. The zero-order valence-electron chi connectivity index (χ0n) is 12.7. The predicted octanol–water partition coefficient (Wildman–Crippen LogP) is 4.22. The Labute approximate surface area is 132 Å². The summed E-state index contributed by atoms with van der Waals surface area (Å²) in [5.74, 6) is 0.868. The highest BCUT2D eigenvalue weighted by Crippen LogP contribution is 2.22. The van der Waals surface area contributed by atoms with Gasteiger partial charge in [0.25, 0.3) is 0 Å². The van der Waals surface area contributed by atoms with Crippen molar-refractivity contribution >= 4 is 15.9 Å². The maximum atomic E-state index is 3.63. The topological polar surface area (TPSA) is 15.3 Å². The van der Waals surface area contributed by atoms with Crippen LogP contribution in [0.1, 0.15) is 44.7 Å². The molecule has 1 N–H and O–H groups in total. The smallest absolute Gasteiger partial charge is 0.0332 e. The van der Waals surface area contributed by atoms with E-state index in [0.29, 0.717) is 6.04 Å². The van der Waals surface area contributed by atoms with Gasteiger partial charge in [-0.1, -0.05) is 41.9 Å². The molecule has 0 aromatic heterocycles. The molecule has 0 radical (unpaired) electrons. The maximum absolute atomic E-state index is 3.63. The van der Waals surface area contributed by atoms with Crippen LogP contribution in [0.2, 0.25) is 0 Å². The molecule has 1 aliphatic rings. The third-order valence-electron chi connectivity index (χ3n) is 4.18. The predicted molar refractivity (Wildman–Crippen MR) is 90.0 cm³/mol. The van der Waals surface area contributed by atoms with Crippen LogP contribution in [0.4, 0.5) is 0 Å². The molecule has 112 valence electrons. The number of piperidine rings is 1. The van der Waals surface area contributed by atoms with Crippen LogP contribution < -0.4 is 5.32 Å². The number of halogens is 1. The van der Waals surface area contributed by atoms with E-state index in [-0.39, 0.29) is 0 Å². The van der Waals surface area contributed by atoms with Crippen LogP contribution >= 0.6 is 15.9 Å². The lowest BCUT2D eigenvalue weighted by Gasteiger charge is -2.32. The van der Waals surface area contributed by atoms with Gasteiger partial charge in [0.1, 0.15) is 0 Å². The third kappa shape index (κ3) is 4.87. The first-order valence-electron chi connectivity index (χ1n) is 7.90. The molecule has 2 unspecified atom stereocenters. The van der Waals surface area contributed by atoms with Gasteiger partial charge in [-0.25, -0.2) is 0 Å². The fraction of sp³-hybridized carbons (Fsp3) is 0.647. The van der Waals surface area contributed by atoms with Gasteiger partial charge in [-0.3, -0.25) is 0 Å². The molecule has 0 spiro atoms. The van der Waals surface area contributed by atoms with Crippen molar-refractivity contribution in [3.05, 3.63) is 34.3 Å². The number of hydrogen-bond donors (Lipinski definition) is 1. The second-order valence-electron chi connectivity index (χ2n) is 6.00. The minimum absolute atomic E-state index is 0.467. The Morgan fingerprint density at radius 1 is 1.45 bits per heavy atom. The Kier molecular flexibility index (Phi) is 6.53. The number of likely N-dealkylation sites (tertiary alicyclic amines) is 1. The van der Waals surface area contributed by atoms with Gasteiger partial charge < -0.3 is 10.2 Å².